The van der Waals surface area contributed by atoms with Crippen molar-refractivity contribution in [2.75, 3.05) is 0 Å². The molecular weight excluding hydrogens is 798 g/mol. The van der Waals surface area contributed by atoms with Crippen LogP contribution in [0.4, 0.5) is 0 Å². The first-order valence-electron chi connectivity index (χ1n) is 16.9. The Morgan fingerprint density at radius 2 is 0.788 bits per heavy atom. The first-order chi connectivity index (χ1) is 22.3. The Hall–Kier alpha value is -2.75. The molecule has 0 spiro atoms. The SMILES string of the molecule is CC(C)(C)C(=O)/C=C(\[O-])C(C)(C)C.CC(C)(C)C(=O)/C=C(\[O-])C(C)(C)C.CC(C)/C([O-])=C/C(=O)C(C)(C)C.[CH3-].[Gd+3].c1ccc(-c2ccccn2)nc1. The van der Waals surface area contributed by atoms with Gasteiger partial charge in [0.05, 0.1) is 11.4 Å². The van der Waals surface area contributed by atoms with E-state index in [1.54, 1.807) is 47.0 Å². The van der Waals surface area contributed by atoms with Crippen molar-refractivity contribution in [2.45, 2.75) is 118 Å². The first-order valence-corrected chi connectivity index (χ1v) is 16.9. The van der Waals surface area contributed by atoms with Crippen LogP contribution in [0.1, 0.15) is 118 Å². The fourth-order valence-corrected chi connectivity index (χ4v) is 2.65. The summed E-state index contributed by atoms with van der Waals surface area (Å²) in [5.74, 6) is -0.688. The maximum absolute atomic E-state index is 11.4. The summed E-state index contributed by atoms with van der Waals surface area (Å²) < 4.78 is 0. The van der Waals surface area contributed by atoms with Gasteiger partial charge in [-0.25, -0.2) is 0 Å². The van der Waals surface area contributed by atoms with E-state index in [0.29, 0.717) is 0 Å². The summed E-state index contributed by atoms with van der Waals surface area (Å²) in [7, 11) is 0. The third-order valence-electron chi connectivity index (χ3n) is 6.65. The minimum Gasteiger partial charge on any atom is -0.875 e. The van der Waals surface area contributed by atoms with E-state index < -0.39 is 27.1 Å². The van der Waals surface area contributed by atoms with Crippen molar-refractivity contribution in [3.05, 3.63) is 91.7 Å². The second-order valence-electron chi connectivity index (χ2n) is 17.5. The molecule has 0 aromatic carbocycles. The summed E-state index contributed by atoms with van der Waals surface area (Å²) in [4.78, 5) is 42.6. The van der Waals surface area contributed by atoms with Crippen LogP contribution in [0, 0.1) is 80.4 Å². The molecule has 2 aromatic rings. The van der Waals surface area contributed by atoms with Gasteiger partial charge < -0.3 is 22.7 Å². The third-order valence-corrected chi connectivity index (χ3v) is 6.65. The molecule has 0 saturated heterocycles. The standard InChI is InChI=1S/2C11H20O2.C10H8N2.C10H18O2.CH3.Gd/c2*1-10(2,3)8(12)7-9(13)11(4,5)6;1-3-7-11-9(5-1)10-6-2-4-8-12-10;1-7(2)8(11)6-9(12)10(3,4)5;;/h2*7,12H,1-6H3;1-8H;6-7,11H,1-5H3;1H3;/q;;;;-1;+3/p-3/b2*8-7-;;8-6-;;. The molecule has 8 nitrogen and oxygen atoms in total. The van der Waals surface area contributed by atoms with Crippen LogP contribution >= 0.6 is 0 Å². The number of aromatic nitrogens is 2. The van der Waals surface area contributed by atoms with E-state index in [2.05, 4.69) is 9.97 Å². The summed E-state index contributed by atoms with van der Waals surface area (Å²) >= 11 is 0. The molecule has 0 aliphatic carbocycles. The van der Waals surface area contributed by atoms with Gasteiger partial charge in [-0.05, 0) is 59.2 Å². The Labute approximate surface area is 348 Å². The van der Waals surface area contributed by atoms with Gasteiger partial charge in [0, 0.05) is 28.6 Å². The molecule has 0 amide bonds. The van der Waals surface area contributed by atoms with Gasteiger partial charge in [-0.15, -0.1) is 17.3 Å². The molecular formula is C43H66GdN2O6-. The average Bonchev–Trinajstić information content (AvgIpc) is 2.96. The van der Waals surface area contributed by atoms with Crippen LogP contribution in [0.5, 0.6) is 0 Å². The van der Waals surface area contributed by atoms with E-state index >= 15 is 0 Å². The zero-order valence-corrected chi connectivity index (χ0v) is 37.4. The zero-order chi connectivity index (χ0) is 39.9. The molecule has 1 radical (unpaired) electrons. The van der Waals surface area contributed by atoms with Gasteiger partial charge in [0.1, 0.15) is 0 Å². The number of carbonyl (C=O) groups is 3. The molecule has 9 heteroatoms. The molecule has 52 heavy (non-hydrogen) atoms. The molecule has 0 saturated carbocycles. The van der Waals surface area contributed by atoms with E-state index in [-0.39, 0.29) is 87.9 Å². The van der Waals surface area contributed by atoms with Crippen LogP contribution in [0.3, 0.4) is 0 Å². The predicted molar refractivity (Wildman–Crippen MR) is 205 cm³/mol. The van der Waals surface area contributed by atoms with Gasteiger partial charge in [-0.1, -0.05) is 130 Å². The number of allylic oxidation sites excluding steroid dienone is 6. The molecule has 0 N–H and O–H groups in total. The zero-order valence-electron chi connectivity index (χ0n) is 35.1. The van der Waals surface area contributed by atoms with Crippen molar-refractivity contribution in [1.29, 1.82) is 0 Å². The van der Waals surface area contributed by atoms with Crippen molar-refractivity contribution in [2.24, 2.45) is 33.0 Å². The molecule has 293 valence electrons. The summed E-state index contributed by atoms with van der Waals surface area (Å²) in [6, 6.07) is 11.6. The molecule has 2 aromatic heterocycles. The molecule has 0 unspecified atom stereocenters. The van der Waals surface area contributed by atoms with Gasteiger partial charge in [0.2, 0.25) is 0 Å². The fourth-order valence-electron chi connectivity index (χ4n) is 2.65. The Morgan fingerprint density at radius 3 is 0.981 bits per heavy atom. The number of hydrogen-bond acceptors (Lipinski definition) is 8. The van der Waals surface area contributed by atoms with Gasteiger partial charge in [0.25, 0.3) is 0 Å². The van der Waals surface area contributed by atoms with Gasteiger partial charge in [0.15, 0.2) is 17.3 Å². The first kappa shape index (κ1) is 56.0. The molecule has 2 rings (SSSR count). The van der Waals surface area contributed by atoms with Crippen molar-refractivity contribution in [3.63, 3.8) is 0 Å². The van der Waals surface area contributed by atoms with E-state index in [0.717, 1.165) is 11.4 Å². The summed E-state index contributed by atoms with van der Waals surface area (Å²) in [5, 5.41) is 34.0. The summed E-state index contributed by atoms with van der Waals surface area (Å²) in [6.07, 6.45) is 7.19. The van der Waals surface area contributed by atoms with Crippen LogP contribution in [0.2, 0.25) is 0 Å². The van der Waals surface area contributed by atoms with E-state index in [1.807, 2.05) is 119 Å². The molecule has 2 heterocycles. The van der Waals surface area contributed by atoms with Crippen LogP contribution in [0.25, 0.3) is 11.4 Å². The monoisotopic (exact) mass is 864 g/mol. The van der Waals surface area contributed by atoms with Gasteiger partial charge >= 0.3 is 39.9 Å². The largest absolute Gasteiger partial charge is 3.00 e. The normalized spacial score (nSPS) is 12.6. The van der Waals surface area contributed by atoms with Crippen molar-refractivity contribution >= 4 is 17.3 Å². The number of carbonyl (C=O) groups excluding carboxylic acids is 3. The van der Waals surface area contributed by atoms with Gasteiger partial charge in [-0.3, -0.25) is 24.4 Å². The molecule has 0 aliphatic heterocycles. The Bertz CT molecular complexity index is 1350. The smallest absolute Gasteiger partial charge is 0.875 e. The maximum Gasteiger partial charge on any atom is 3.00 e. The quantitative estimate of drug-likeness (QED) is 0.168. The Balaban J connectivity index is -0.000000292. The number of hydrogen-bond donors (Lipinski definition) is 0. The Morgan fingerprint density at radius 1 is 0.519 bits per heavy atom. The van der Waals surface area contributed by atoms with Crippen LogP contribution in [-0.4, -0.2) is 27.3 Å². The molecule has 0 fully saturated rings. The predicted octanol–water partition coefficient (Wildman–Crippen LogP) is 7.88. The number of pyridine rings is 2. The van der Waals surface area contributed by atoms with Crippen molar-refractivity contribution in [3.8, 4) is 11.4 Å². The third kappa shape index (κ3) is 25.3. The maximum atomic E-state index is 11.4. The second-order valence-corrected chi connectivity index (χ2v) is 17.5. The molecule has 0 bridgehead atoms. The van der Waals surface area contributed by atoms with Crippen LogP contribution < -0.4 is 15.3 Å². The van der Waals surface area contributed by atoms with Crippen LogP contribution in [-0.2, 0) is 14.4 Å². The number of rotatable bonds is 5. The molecule has 0 aliphatic rings. The van der Waals surface area contributed by atoms with E-state index in [4.69, 9.17) is 0 Å². The summed E-state index contributed by atoms with van der Waals surface area (Å²) in [6.45, 7) is 30.7. The number of nitrogens with zero attached hydrogens (tertiary/aromatic N) is 2. The van der Waals surface area contributed by atoms with E-state index in [1.165, 1.54) is 18.2 Å². The van der Waals surface area contributed by atoms with Crippen molar-refractivity contribution < 1.29 is 69.6 Å². The average molecular weight is 864 g/mol. The Kier molecular flexibility index (Phi) is 25.7. The minimum atomic E-state index is -0.457. The van der Waals surface area contributed by atoms with Crippen LogP contribution in [0.15, 0.2) is 84.3 Å². The molecule has 0 atom stereocenters. The van der Waals surface area contributed by atoms with Crippen molar-refractivity contribution in [1.82, 2.24) is 9.97 Å². The van der Waals surface area contributed by atoms with Gasteiger partial charge in [-0.2, -0.15) is 0 Å². The second kappa shape index (κ2) is 23.8. The minimum absolute atomic E-state index is 0. The topological polar surface area (TPSA) is 146 Å². The summed E-state index contributed by atoms with van der Waals surface area (Å²) in [5.41, 5.74) is -0.440. The number of ketones is 3. The van der Waals surface area contributed by atoms with E-state index in [9.17, 15) is 29.7 Å². The fraction of sp³-hybridized carbons (Fsp3) is 0.535.